The smallest absolute Gasteiger partial charge is 0.416 e. The second kappa shape index (κ2) is 13.9. The SMILES string of the molecule is COc1ccc(CNc2nccn3c([C@H]4CC[C@@H](CO)NC4)nc(-c4ccc(C(=O)Nc5cc(C(F)(F)F)ccn5)cc4)c23)c(OC)c1. The molecule has 1 aliphatic heterocycles. The van der Waals surface area contributed by atoms with Crippen molar-refractivity contribution in [3.8, 4) is 22.8 Å². The molecule has 1 aliphatic rings. The highest BCUT2D eigenvalue weighted by molar-refractivity contribution is 6.04. The summed E-state index contributed by atoms with van der Waals surface area (Å²) in [5, 5.41) is 18.9. The number of nitrogens with zero attached hydrogens (tertiary/aromatic N) is 4. The minimum Gasteiger partial charge on any atom is -0.497 e. The van der Waals surface area contributed by atoms with E-state index in [9.17, 15) is 23.1 Å². The Hall–Kier alpha value is -5.21. The number of aliphatic hydroxyl groups excluding tert-OH is 1. The van der Waals surface area contributed by atoms with Gasteiger partial charge in [-0.2, -0.15) is 13.2 Å². The lowest BCUT2D eigenvalue weighted by Crippen LogP contribution is -2.40. The number of aliphatic hydroxyl groups is 1. The molecule has 1 amide bonds. The number of carbonyl (C=O) groups is 1. The summed E-state index contributed by atoms with van der Waals surface area (Å²) < 4.78 is 52.4. The number of benzene rings is 2. The normalized spacial score (nSPS) is 16.5. The molecule has 250 valence electrons. The van der Waals surface area contributed by atoms with E-state index in [0.717, 1.165) is 48.1 Å². The zero-order chi connectivity index (χ0) is 33.8. The first-order valence-corrected chi connectivity index (χ1v) is 15.3. The van der Waals surface area contributed by atoms with Gasteiger partial charge < -0.3 is 30.5 Å². The monoisotopic (exact) mass is 661 g/mol. The van der Waals surface area contributed by atoms with Gasteiger partial charge in [0.2, 0.25) is 0 Å². The summed E-state index contributed by atoms with van der Waals surface area (Å²) in [5.41, 5.74) is 2.29. The summed E-state index contributed by atoms with van der Waals surface area (Å²) in [7, 11) is 3.19. The summed E-state index contributed by atoms with van der Waals surface area (Å²) in [5.74, 6) is 2.00. The van der Waals surface area contributed by atoms with Crippen LogP contribution in [0.3, 0.4) is 0 Å². The number of amides is 1. The standard InChI is InChI=1S/C34H34F3N7O4/c1-47-26-10-8-22(27(16-26)48-2)17-41-31-30-29(43-32(44(30)14-13-39-31)23-7-9-25(19-45)40-18-23)20-3-5-21(6-4-20)33(46)42-28-15-24(11-12-38-28)34(35,36)37/h3-6,8,10-16,23,25,40,45H,7,9,17-19H2,1-2H3,(H,39,41)(H,38,42,46)/t23-,25-/m0/s1. The largest absolute Gasteiger partial charge is 0.497 e. The fourth-order valence-electron chi connectivity index (χ4n) is 5.79. The van der Waals surface area contributed by atoms with Gasteiger partial charge in [-0.25, -0.2) is 15.0 Å². The molecule has 2 aromatic carbocycles. The van der Waals surface area contributed by atoms with Crippen molar-refractivity contribution in [1.29, 1.82) is 0 Å². The molecule has 0 saturated carbocycles. The maximum absolute atomic E-state index is 13.1. The van der Waals surface area contributed by atoms with Crippen molar-refractivity contribution >= 4 is 23.1 Å². The number of methoxy groups -OCH3 is 2. The average Bonchev–Trinajstić information content (AvgIpc) is 3.51. The third kappa shape index (κ3) is 6.89. The molecule has 4 N–H and O–H groups in total. The lowest BCUT2D eigenvalue weighted by Gasteiger charge is -2.28. The van der Waals surface area contributed by atoms with Gasteiger partial charge in [0, 0.05) is 66.4 Å². The van der Waals surface area contributed by atoms with Crippen LogP contribution in [-0.2, 0) is 12.7 Å². The zero-order valence-electron chi connectivity index (χ0n) is 26.2. The Morgan fingerprint density at radius 1 is 1.04 bits per heavy atom. The van der Waals surface area contributed by atoms with Crippen molar-refractivity contribution in [3.63, 3.8) is 0 Å². The number of imidazole rings is 1. The predicted octanol–water partition coefficient (Wildman–Crippen LogP) is 5.52. The molecule has 14 heteroatoms. The van der Waals surface area contributed by atoms with Gasteiger partial charge in [-0.05, 0) is 49.2 Å². The van der Waals surface area contributed by atoms with E-state index in [1.165, 1.54) is 0 Å². The van der Waals surface area contributed by atoms with Gasteiger partial charge >= 0.3 is 6.18 Å². The molecular weight excluding hydrogens is 627 g/mol. The third-order valence-electron chi connectivity index (χ3n) is 8.37. The molecule has 48 heavy (non-hydrogen) atoms. The number of alkyl halides is 3. The zero-order valence-corrected chi connectivity index (χ0v) is 26.2. The summed E-state index contributed by atoms with van der Waals surface area (Å²) in [6.45, 7) is 1.10. The number of piperidine rings is 1. The number of pyridine rings is 1. The van der Waals surface area contributed by atoms with Gasteiger partial charge in [0.1, 0.15) is 34.4 Å². The molecule has 0 bridgehead atoms. The van der Waals surface area contributed by atoms with Crippen LogP contribution in [0.2, 0.25) is 0 Å². The van der Waals surface area contributed by atoms with Gasteiger partial charge in [0.25, 0.3) is 5.91 Å². The molecule has 2 atom stereocenters. The van der Waals surface area contributed by atoms with Gasteiger partial charge in [0.15, 0.2) is 5.82 Å². The van der Waals surface area contributed by atoms with E-state index in [2.05, 4.69) is 25.9 Å². The molecule has 1 fully saturated rings. The first-order valence-electron chi connectivity index (χ1n) is 15.3. The first-order chi connectivity index (χ1) is 23.2. The molecule has 4 heterocycles. The van der Waals surface area contributed by atoms with E-state index in [1.807, 2.05) is 28.8 Å². The van der Waals surface area contributed by atoms with Gasteiger partial charge in [-0.15, -0.1) is 0 Å². The first kappa shape index (κ1) is 32.7. The highest BCUT2D eigenvalue weighted by Gasteiger charge is 2.31. The van der Waals surface area contributed by atoms with Crippen LogP contribution in [0.1, 0.15) is 46.1 Å². The van der Waals surface area contributed by atoms with E-state index in [1.54, 1.807) is 44.7 Å². The van der Waals surface area contributed by atoms with E-state index < -0.39 is 17.6 Å². The van der Waals surface area contributed by atoms with Crippen molar-refractivity contribution in [2.24, 2.45) is 0 Å². The maximum atomic E-state index is 13.1. The Morgan fingerprint density at radius 2 is 1.85 bits per heavy atom. The van der Waals surface area contributed by atoms with Crippen LogP contribution in [0.25, 0.3) is 16.8 Å². The van der Waals surface area contributed by atoms with Crippen molar-refractivity contribution in [1.82, 2.24) is 24.7 Å². The lowest BCUT2D eigenvalue weighted by atomic mass is 9.94. The highest BCUT2D eigenvalue weighted by Crippen LogP contribution is 2.35. The molecule has 1 saturated heterocycles. The van der Waals surface area contributed by atoms with Gasteiger partial charge in [-0.1, -0.05) is 12.1 Å². The van der Waals surface area contributed by atoms with Crippen molar-refractivity contribution in [3.05, 3.63) is 95.7 Å². The van der Waals surface area contributed by atoms with Crippen LogP contribution >= 0.6 is 0 Å². The van der Waals surface area contributed by atoms with Crippen LogP contribution in [0.15, 0.2) is 73.2 Å². The summed E-state index contributed by atoms with van der Waals surface area (Å²) in [4.78, 5) is 26.6. The molecule has 0 spiro atoms. The van der Waals surface area contributed by atoms with E-state index in [-0.39, 0.29) is 29.9 Å². The Labute approximate surface area is 274 Å². The third-order valence-corrected chi connectivity index (χ3v) is 8.37. The average molecular weight is 662 g/mol. The fraction of sp³-hybridized carbons (Fsp3) is 0.294. The lowest BCUT2D eigenvalue weighted by molar-refractivity contribution is -0.137. The number of rotatable bonds is 10. The summed E-state index contributed by atoms with van der Waals surface area (Å²) in [6.07, 6.45) is 1.63. The Kier molecular flexibility index (Phi) is 9.46. The van der Waals surface area contributed by atoms with E-state index in [0.29, 0.717) is 41.7 Å². The number of carbonyl (C=O) groups excluding carboxylic acids is 1. The predicted molar refractivity (Wildman–Crippen MR) is 173 cm³/mol. The Balaban J connectivity index is 1.32. The number of halogens is 3. The maximum Gasteiger partial charge on any atom is 0.416 e. The number of nitrogens with one attached hydrogen (secondary N) is 3. The van der Waals surface area contributed by atoms with E-state index >= 15 is 0 Å². The Bertz CT molecular complexity index is 1910. The number of aromatic nitrogens is 4. The number of fused-ring (bicyclic) bond motifs is 1. The molecule has 3 aromatic heterocycles. The van der Waals surface area contributed by atoms with Gasteiger partial charge in [-0.3, -0.25) is 9.20 Å². The minimum atomic E-state index is -4.56. The molecule has 11 nitrogen and oxygen atoms in total. The molecular formula is C34H34F3N7O4. The van der Waals surface area contributed by atoms with Crippen molar-refractivity contribution in [2.45, 2.75) is 37.5 Å². The molecule has 6 rings (SSSR count). The molecule has 0 radical (unpaired) electrons. The van der Waals surface area contributed by atoms with Crippen LogP contribution in [0.4, 0.5) is 24.8 Å². The summed E-state index contributed by atoms with van der Waals surface area (Å²) >= 11 is 0. The van der Waals surface area contributed by atoms with Crippen molar-refractivity contribution < 1.29 is 32.5 Å². The second-order valence-electron chi connectivity index (χ2n) is 11.4. The number of ether oxygens (including phenoxy) is 2. The summed E-state index contributed by atoms with van der Waals surface area (Å²) in [6, 6.07) is 13.9. The van der Waals surface area contributed by atoms with Gasteiger partial charge in [0.05, 0.1) is 26.4 Å². The van der Waals surface area contributed by atoms with Crippen LogP contribution in [-0.4, -0.2) is 63.8 Å². The topological polar surface area (TPSA) is 135 Å². The number of hydrogen-bond acceptors (Lipinski definition) is 9. The molecule has 0 aliphatic carbocycles. The number of hydrogen-bond donors (Lipinski definition) is 4. The highest BCUT2D eigenvalue weighted by atomic mass is 19.4. The molecule has 5 aromatic rings. The van der Waals surface area contributed by atoms with Crippen LogP contribution in [0.5, 0.6) is 11.5 Å². The second-order valence-corrected chi connectivity index (χ2v) is 11.4. The molecule has 0 unspecified atom stereocenters. The van der Waals surface area contributed by atoms with Crippen molar-refractivity contribution in [2.75, 3.05) is 38.0 Å². The number of anilines is 2. The van der Waals surface area contributed by atoms with E-state index in [4.69, 9.17) is 14.5 Å². The Morgan fingerprint density at radius 3 is 2.54 bits per heavy atom. The van der Waals surface area contributed by atoms with Crippen LogP contribution < -0.4 is 25.4 Å². The quantitative estimate of drug-likeness (QED) is 0.153. The fourth-order valence-corrected chi connectivity index (χ4v) is 5.79. The van der Waals surface area contributed by atoms with Crippen LogP contribution in [0, 0.1) is 0 Å². The minimum absolute atomic E-state index is 0.0372.